The molecule has 0 saturated carbocycles. The molecule has 0 saturated heterocycles. The Morgan fingerprint density at radius 2 is 1.83 bits per heavy atom. The molecule has 0 fully saturated rings. The molecule has 4 nitrogen and oxygen atoms in total. The first-order chi connectivity index (χ1) is 8.45. The Hall–Kier alpha value is -1.52. The van der Waals surface area contributed by atoms with Gasteiger partial charge in [-0.3, -0.25) is 9.48 Å². The van der Waals surface area contributed by atoms with E-state index in [0.717, 1.165) is 5.69 Å². The van der Waals surface area contributed by atoms with Crippen molar-refractivity contribution >= 4 is 34.9 Å². The summed E-state index contributed by atoms with van der Waals surface area (Å²) in [5.41, 5.74) is 1.24. The van der Waals surface area contributed by atoms with Crippen molar-refractivity contribution in [3.63, 3.8) is 0 Å². The van der Waals surface area contributed by atoms with Crippen molar-refractivity contribution in [2.24, 2.45) is 7.05 Å². The zero-order valence-corrected chi connectivity index (χ0v) is 11.4. The van der Waals surface area contributed by atoms with E-state index in [1.54, 1.807) is 36.0 Å². The number of carbonyl (C=O) groups excluding carboxylic acids is 1. The van der Waals surface area contributed by atoms with Gasteiger partial charge in [0.25, 0.3) is 5.91 Å². The fourth-order valence-electron chi connectivity index (χ4n) is 1.60. The lowest BCUT2D eigenvalue weighted by Crippen LogP contribution is -2.14. The molecular weight excluding hydrogens is 273 g/mol. The average molecular weight is 284 g/mol. The van der Waals surface area contributed by atoms with Gasteiger partial charge in [-0.2, -0.15) is 5.10 Å². The first-order valence-corrected chi connectivity index (χ1v) is 5.99. The molecule has 0 radical (unpaired) electrons. The van der Waals surface area contributed by atoms with Crippen molar-refractivity contribution in [1.29, 1.82) is 0 Å². The van der Waals surface area contributed by atoms with Crippen LogP contribution in [-0.4, -0.2) is 15.7 Å². The maximum atomic E-state index is 12.0. The summed E-state index contributed by atoms with van der Waals surface area (Å²) in [5, 5.41) is 7.74. The highest BCUT2D eigenvalue weighted by molar-refractivity contribution is 6.35. The van der Waals surface area contributed by atoms with Crippen molar-refractivity contribution in [2.75, 3.05) is 5.32 Å². The second-order valence-electron chi connectivity index (χ2n) is 3.91. The number of aromatic nitrogens is 2. The fourth-order valence-corrected chi connectivity index (χ4v) is 2.13. The van der Waals surface area contributed by atoms with Crippen LogP contribution in [-0.2, 0) is 7.05 Å². The fraction of sp³-hybridized carbons (Fsp3) is 0.167. The van der Waals surface area contributed by atoms with E-state index in [9.17, 15) is 4.79 Å². The standard InChI is InChI=1S/C12H11Cl2N3O/c1-7-3-11(17(2)16-7)15-12(18)8-4-9(13)6-10(14)5-8/h3-6H,1-2H3,(H,15,18). The van der Waals surface area contributed by atoms with E-state index in [4.69, 9.17) is 23.2 Å². The smallest absolute Gasteiger partial charge is 0.256 e. The predicted octanol–water partition coefficient (Wildman–Crippen LogP) is 3.29. The molecule has 0 aliphatic heterocycles. The molecule has 94 valence electrons. The number of aryl methyl sites for hydroxylation is 2. The van der Waals surface area contributed by atoms with Crippen LogP contribution in [0, 0.1) is 6.92 Å². The molecule has 1 N–H and O–H groups in total. The molecule has 0 atom stereocenters. The van der Waals surface area contributed by atoms with Crippen molar-refractivity contribution in [2.45, 2.75) is 6.92 Å². The van der Waals surface area contributed by atoms with Gasteiger partial charge in [-0.1, -0.05) is 23.2 Å². The molecule has 1 aromatic carbocycles. The third-order valence-electron chi connectivity index (χ3n) is 2.37. The van der Waals surface area contributed by atoms with Gasteiger partial charge in [0.15, 0.2) is 0 Å². The monoisotopic (exact) mass is 283 g/mol. The summed E-state index contributed by atoms with van der Waals surface area (Å²) in [7, 11) is 1.76. The zero-order chi connectivity index (χ0) is 13.3. The number of nitrogens with zero attached hydrogens (tertiary/aromatic N) is 2. The minimum atomic E-state index is -0.276. The number of nitrogens with one attached hydrogen (secondary N) is 1. The molecule has 1 aromatic heterocycles. The molecule has 18 heavy (non-hydrogen) atoms. The highest BCUT2D eigenvalue weighted by atomic mass is 35.5. The highest BCUT2D eigenvalue weighted by Crippen LogP contribution is 2.20. The van der Waals surface area contributed by atoms with E-state index < -0.39 is 0 Å². The molecule has 0 aliphatic rings. The molecular formula is C12H11Cl2N3O. The van der Waals surface area contributed by atoms with Crippen LogP contribution in [0.25, 0.3) is 0 Å². The molecule has 2 rings (SSSR count). The van der Waals surface area contributed by atoms with Crippen LogP contribution in [0.15, 0.2) is 24.3 Å². The van der Waals surface area contributed by atoms with Crippen molar-refractivity contribution in [1.82, 2.24) is 9.78 Å². The Balaban J connectivity index is 2.24. The van der Waals surface area contributed by atoms with Crippen molar-refractivity contribution < 1.29 is 4.79 Å². The molecule has 1 amide bonds. The highest BCUT2D eigenvalue weighted by Gasteiger charge is 2.10. The summed E-state index contributed by atoms with van der Waals surface area (Å²) in [4.78, 5) is 12.0. The van der Waals surface area contributed by atoms with Gasteiger partial charge in [-0.15, -0.1) is 0 Å². The van der Waals surface area contributed by atoms with E-state index in [0.29, 0.717) is 21.4 Å². The zero-order valence-electron chi connectivity index (χ0n) is 9.87. The Bertz CT molecular complexity index is 587. The number of benzene rings is 1. The second-order valence-corrected chi connectivity index (χ2v) is 4.78. The van der Waals surface area contributed by atoms with Crippen molar-refractivity contribution in [3.05, 3.63) is 45.6 Å². The lowest BCUT2D eigenvalue weighted by molar-refractivity contribution is 0.102. The molecule has 0 unspecified atom stereocenters. The SMILES string of the molecule is Cc1cc(NC(=O)c2cc(Cl)cc(Cl)c2)n(C)n1. The third-order valence-corrected chi connectivity index (χ3v) is 2.80. The summed E-state index contributed by atoms with van der Waals surface area (Å²) in [6, 6.07) is 6.48. The van der Waals surface area contributed by atoms with E-state index >= 15 is 0 Å². The predicted molar refractivity (Wildman–Crippen MR) is 72.4 cm³/mol. The summed E-state index contributed by atoms with van der Waals surface area (Å²) in [6.45, 7) is 1.85. The Morgan fingerprint density at radius 1 is 1.22 bits per heavy atom. The number of carbonyl (C=O) groups is 1. The number of anilines is 1. The molecule has 0 spiro atoms. The summed E-state index contributed by atoms with van der Waals surface area (Å²) >= 11 is 11.7. The Morgan fingerprint density at radius 3 is 2.33 bits per heavy atom. The number of halogens is 2. The lowest BCUT2D eigenvalue weighted by atomic mass is 10.2. The van der Waals surface area contributed by atoms with Gasteiger partial charge in [0.05, 0.1) is 5.69 Å². The van der Waals surface area contributed by atoms with E-state index in [-0.39, 0.29) is 5.91 Å². The van der Waals surface area contributed by atoms with Gasteiger partial charge < -0.3 is 5.32 Å². The minimum Gasteiger partial charge on any atom is -0.307 e. The third kappa shape index (κ3) is 2.83. The normalized spacial score (nSPS) is 10.4. The molecule has 2 aromatic rings. The molecule has 0 bridgehead atoms. The van der Waals surface area contributed by atoms with Crippen LogP contribution in [0.5, 0.6) is 0 Å². The van der Waals surface area contributed by atoms with Crippen LogP contribution in [0.3, 0.4) is 0 Å². The maximum Gasteiger partial charge on any atom is 0.256 e. The van der Waals surface area contributed by atoms with Crippen LogP contribution in [0.2, 0.25) is 10.0 Å². The molecule has 6 heteroatoms. The topological polar surface area (TPSA) is 46.9 Å². The quantitative estimate of drug-likeness (QED) is 0.919. The van der Waals surface area contributed by atoms with E-state index in [1.807, 2.05) is 6.92 Å². The first-order valence-electron chi connectivity index (χ1n) is 5.24. The van der Waals surface area contributed by atoms with Gasteiger partial charge in [0, 0.05) is 28.7 Å². The van der Waals surface area contributed by atoms with E-state index in [1.165, 1.54) is 0 Å². The van der Waals surface area contributed by atoms with Gasteiger partial charge >= 0.3 is 0 Å². The minimum absolute atomic E-state index is 0.276. The van der Waals surface area contributed by atoms with Gasteiger partial charge in [0.1, 0.15) is 5.82 Å². The summed E-state index contributed by atoms with van der Waals surface area (Å²) < 4.78 is 1.60. The molecule has 0 aliphatic carbocycles. The van der Waals surface area contributed by atoms with Crippen LogP contribution in [0.4, 0.5) is 5.82 Å². The van der Waals surface area contributed by atoms with Gasteiger partial charge in [-0.05, 0) is 25.1 Å². The number of hydrogen-bond acceptors (Lipinski definition) is 2. The largest absolute Gasteiger partial charge is 0.307 e. The first kappa shape index (κ1) is 12.9. The Labute approximate surface area is 115 Å². The van der Waals surface area contributed by atoms with Crippen molar-refractivity contribution in [3.8, 4) is 0 Å². The number of amides is 1. The van der Waals surface area contributed by atoms with Crippen LogP contribution >= 0.6 is 23.2 Å². The Kier molecular flexibility index (Phi) is 3.59. The van der Waals surface area contributed by atoms with Crippen LogP contribution in [0.1, 0.15) is 16.1 Å². The van der Waals surface area contributed by atoms with Gasteiger partial charge in [-0.25, -0.2) is 0 Å². The summed E-state index contributed by atoms with van der Waals surface area (Å²) in [6.07, 6.45) is 0. The van der Waals surface area contributed by atoms with Crippen LogP contribution < -0.4 is 5.32 Å². The van der Waals surface area contributed by atoms with Gasteiger partial charge in [0.2, 0.25) is 0 Å². The average Bonchev–Trinajstić information content (AvgIpc) is 2.56. The number of hydrogen-bond donors (Lipinski definition) is 1. The summed E-state index contributed by atoms with van der Waals surface area (Å²) in [5.74, 6) is 0.344. The molecule has 1 heterocycles. The van der Waals surface area contributed by atoms with E-state index in [2.05, 4.69) is 10.4 Å². The lowest BCUT2D eigenvalue weighted by Gasteiger charge is -2.06. The number of rotatable bonds is 2. The second kappa shape index (κ2) is 5.00. The maximum absolute atomic E-state index is 12.0.